The molecule has 2 amide bonds. The van der Waals surface area contributed by atoms with Crippen LogP contribution >= 0.6 is 22.9 Å². The van der Waals surface area contributed by atoms with Gasteiger partial charge < -0.3 is 20.5 Å². The average molecular weight is 540 g/mol. The van der Waals surface area contributed by atoms with Crippen LogP contribution in [0, 0.1) is 12.8 Å². The van der Waals surface area contributed by atoms with Crippen LogP contribution in [0.1, 0.15) is 49.2 Å². The Hall–Kier alpha value is -3.57. The van der Waals surface area contributed by atoms with Gasteiger partial charge in [0.2, 0.25) is 17.6 Å². The number of benzene rings is 1. The molecule has 192 valence electrons. The molecule has 0 saturated heterocycles. The van der Waals surface area contributed by atoms with Gasteiger partial charge in [-0.15, -0.1) is 0 Å². The van der Waals surface area contributed by atoms with Gasteiger partial charge in [-0.3, -0.25) is 9.59 Å². The third-order valence-corrected chi connectivity index (χ3v) is 7.27. The van der Waals surface area contributed by atoms with Gasteiger partial charge in [0.15, 0.2) is 10.3 Å². The number of hydrogen-bond donors (Lipinski definition) is 3. The van der Waals surface area contributed by atoms with Crippen LogP contribution in [0.2, 0.25) is 5.15 Å². The Morgan fingerprint density at radius 1 is 1.16 bits per heavy atom. The van der Waals surface area contributed by atoms with Gasteiger partial charge in [-0.2, -0.15) is 4.98 Å². The summed E-state index contributed by atoms with van der Waals surface area (Å²) in [6.45, 7) is 7.39. The van der Waals surface area contributed by atoms with Crippen molar-refractivity contribution in [3.63, 3.8) is 0 Å². The summed E-state index contributed by atoms with van der Waals surface area (Å²) < 4.78 is 5.11. The molecule has 0 aliphatic heterocycles. The second-order valence-corrected chi connectivity index (χ2v) is 11.4. The van der Waals surface area contributed by atoms with Crippen LogP contribution in [0.25, 0.3) is 22.2 Å². The highest BCUT2D eigenvalue weighted by molar-refractivity contribution is 7.18. The van der Waals surface area contributed by atoms with E-state index in [4.69, 9.17) is 16.1 Å². The first kappa shape index (κ1) is 25.1. The van der Waals surface area contributed by atoms with Crippen molar-refractivity contribution in [2.75, 3.05) is 10.6 Å². The number of hydrogen-bond acceptors (Lipinski definition) is 9. The Morgan fingerprint density at radius 2 is 1.95 bits per heavy atom. The molecular formula is C25H26ClN7O3S. The smallest absolute Gasteiger partial charge is 0.265 e. The Labute approximate surface area is 222 Å². The standard InChI is InChI=1S/C25H26ClN7O3S/c1-12-28-20(33-36-12)14-6-5-13-7-8-27-21(17(13)11-14)29-16-9-15(10-16)22(34)31-24-30-19(26)18(37-24)23(35)32-25(2,3)4/h5-8,11,15-16H,9-10H2,1-4H3,(H,27,29)(H,32,35)(H,30,31,34)/t15-,16+. The van der Waals surface area contributed by atoms with Crippen molar-refractivity contribution >= 4 is 56.5 Å². The molecule has 37 heavy (non-hydrogen) atoms. The van der Waals surface area contributed by atoms with Crippen molar-refractivity contribution < 1.29 is 14.1 Å². The number of pyridine rings is 1. The molecule has 3 heterocycles. The Balaban J connectivity index is 1.21. The Bertz CT molecular complexity index is 1490. The minimum Gasteiger partial charge on any atom is -0.367 e. The van der Waals surface area contributed by atoms with Gasteiger partial charge >= 0.3 is 0 Å². The average Bonchev–Trinajstić information content (AvgIpc) is 3.39. The number of carbonyl (C=O) groups excluding carboxylic acids is 2. The maximum atomic E-state index is 12.8. The molecule has 5 rings (SSSR count). The molecule has 10 nitrogen and oxygen atoms in total. The van der Waals surface area contributed by atoms with Gasteiger partial charge in [-0.1, -0.05) is 40.2 Å². The third kappa shape index (κ3) is 5.57. The molecule has 0 bridgehead atoms. The lowest BCUT2D eigenvalue weighted by Gasteiger charge is -2.35. The highest BCUT2D eigenvalue weighted by Crippen LogP contribution is 2.35. The summed E-state index contributed by atoms with van der Waals surface area (Å²) in [6.07, 6.45) is 3.04. The van der Waals surface area contributed by atoms with Gasteiger partial charge in [-0.05, 0) is 51.1 Å². The molecule has 1 aliphatic rings. The fourth-order valence-corrected chi connectivity index (χ4v) is 5.17. The lowest BCUT2D eigenvalue weighted by Crippen LogP contribution is -2.42. The summed E-state index contributed by atoms with van der Waals surface area (Å²) in [6, 6.07) is 7.96. The molecule has 0 radical (unpaired) electrons. The van der Waals surface area contributed by atoms with E-state index < -0.39 is 5.54 Å². The molecule has 0 unspecified atom stereocenters. The van der Waals surface area contributed by atoms with Gasteiger partial charge in [0, 0.05) is 41.6 Å². The van der Waals surface area contributed by atoms with E-state index >= 15 is 0 Å². The highest BCUT2D eigenvalue weighted by Gasteiger charge is 2.35. The van der Waals surface area contributed by atoms with Crippen LogP contribution in [-0.2, 0) is 4.79 Å². The van der Waals surface area contributed by atoms with Gasteiger partial charge in [-0.25, -0.2) is 9.97 Å². The molecule has 0 spiro atoms. The number of aromatic nitrogens is 4. The van der Waals surface area contributed by atoms with E-state index in [0.29, 0.717) is 29.7 Å². The van der Waals surface area contributed by atoms with Crippen molar-refractivity contribution in [2.24, 2.45) is 5.92 Å². The monoisotopic (exact) mass is 539 g/mol. The summed E-state index contributed by atoms with van der Waals surface area (Å²) in [4.78, 5) is 38.5. The number of nitrogens with one attached hydrogen (secondary N) is 3. The molecule has 3 N–H and O–H groups in total. The summed E-state index contributed by atoms with van der Waals surface area (Å²) in [5.74, 6) is 1.12. The second-order valence-electron chi connectivity index (χ2n) is 10.1. The third-order valence-electron chi connectivity index (χ3n) is 5.91. The number of aryl methyl sites for hydroxylation is 1. The van der Waals surface area contributed by atoms with Crippen LogP contribution < -0.4 is 16.0 Å². The van der Waals surface area contributed by atoms with E-state index in [-0.39, 0.29) is 33.8 Å². The number of anilines is 2. The topological polar surface area (TPSA) is 135 Å². The molecule has 4 aromatic rings. The zero-order valence-electron chi connectivity index (χ0n) is 20.8. The summed E-state index contributed by atoms with van der Waals surface area (Å²) in [5, 5.41) is 15.5. The summed E-state index contributed by atoms with van der Waals surface area (Å²) in [7, 11) is 0. The van der Waals surface area contributed by atoms with E-state index in [2.05, 4.69) is 36.1 Å². The highest BCUT2D eigenvalue weighted by atomic mass is 35.5. The first-order valence-corrected chi connectivity index (χ1v) is 13.0. The van der Waals surface area contributed by atoms with Crippen molar-refractivity contribution in [2.45, 2.75) is 52.1 Å². The fraction of sp³-hybridized carbons (Fsp3) is 0.360. The number of halogens is 1. The number of carbonyl (C=O) groups is 2. The van der Waals surface area contributed by atoms with Crippen LogP contribution in [0.3, 0.4) is 0 Å². The summed E-state index contributed by atoms with van der Waals surface area (Å²) >= 11 is 7.21. The van der Waals surface area contributed by atoms with Crippen molar-refractivity contribution in [1.82, 2.24) is 25.4 Å². The number of amides is 2. The zero-order chi connectivity index (χ0) is 26.3. The van der Waals surface area contributed by atoms with E-state index in [1.54, 1.807) is 13.1 Å². The lowest BCUT2D eigenvalue weighted by atomic mass is 9.79. The van der Waals surface area contributed by atoms with E-state index in [0.717, 1.165) is 33.5 Å². The molecule has 1 saturated carbocycles. The zero-order valence-corrected chi connectivity index (χ0v) is 22.3. The largest absolute Gasteiger partial charge is 0.367 e. The fourth-order valence-electron chi connectivity index (χ4n) is 4.08. The molecule has 3 aromatic heterocycles. The molecule has 1 aliphatic carbocycles. The minimum atomic E-state index is -0.408. The van der Waals surface area contributed by atoms with E-state index in [9.17, 15) is 9.59 Å². The predicted octanol–water partition coefficient (Wildman–Crippen LogP) is 5.06. The lowest BCUT2D eigenvalue weighted by molar-refractivity contribution is -0.122. The van der Waals surface area contributed by atoms with Gasteiger partial charge in [0.25, 0.3) is 5.91 Å². The van der Waals surface area contributed by atoms with Crippen LogP contribution in [0.15, 0.2) is 35.0 Å². The molecule has 0 atom stereocenters. The Kier molecular flexibility index (Phi) is 6.59. The first-order valence-electron chi connectivity index (χ1n) is 11.8. The van der Waals surface area contributed by atoms with Crippen molar-refractivity contribution in [1.29, 1.82) is 0 Å². The van der Waals surface area contributed by atoms with Crippen LogP contribution in [0.4, 0.5) is 10.9 Å². The molecular weight excluding hydrogens is 514 g/mol. The SMILES string of the molecule is Cc1nc(-c2ccc3ccnc(N[C@H]4C[C@@H](C(=O)Nc5nc(Cl)c(C(=O)NC(C)(C)C)s5)C4)c3c2)no1. The maximum Gasteiger partial charge on any atom is 0.265 e. The van der Waals surface area contributed by atoms with Crippen LogP contribution in [0.5, 0.6) is 0 Å². The Morgan fingerprint density at radius 3 is 2.65 bits per heavy atom. The molecule has 1 fully saturated rings. The molecule has 12 heteroatoms. The normalized spacial score (nSPS) is 17.3. The number of fused-ring (bicyclic) bond motifs is 1. The van der Waals surface area contributed by atoms with Crippen molar-refractivity contribution in [3.8, 4) is 11.4 Å². The van der Waals surface area contributed by atoms with E-state index in [1.807, 2.05) is 45.0 Å². The minimum absolute atomic E-state index is 0.0765. The predicted molar refractivity (Wildman–Crippen MR) is 143 cm³/mol. The second kappa shape index (κ2) is 9.71. The quantitative estimate of drug-likeness (QED) is 0.309. The molecule has 1 aromatic carbocycles. The maximum absolute atomic E-state index is 12.8. The number of rotatable bonds is 6. The number of nitrogens with zero attached hydrogens (tertiary/aromatic N) is 4. The van der Waals surface area contributed by atoms with Crippen LogP contribution in [-0.4, -0.2) is 43.5 Å². The van der Waals surface area contributed by atoms with Crippen molar-refractivity contribution in [3.05, 3.63) is 46.4 Å². The van der Waals surface area contributed by atoms with E-state index in [1.165, 1.54) is 0 Å². The van der Waals surface area contributed by atoms with Gasteiger partial charge in [0.05, 0.1) is 0 Å². The number of thiazole rings is 1. The first-order chi connectivity index (χ1) is 17.6. The summed E-state index contributed by atoms with van der Waals surface area (Å²) in [5.41, 5.74) is 0.429. The van der Waals surface area contributed by atoms with Gasteiger partial charge in [0.1, 0.15) is 10.7 Å².